The van der Waals surface area contributed by atoms with Gasteiger partial charge in [-0.1, -0.05) is 33.6 Å². The number of hydrogen-bond donors (Lipinski definition) is 1. The van der Waals surface area contributed by atoms with Gasteiger partial charge in [0.15, 0.2) is 0 Å². The summed E-state index contributed by atoms with van der Waals surface area (Å²) in [5, 5.41) is 3.67. The van der Waals surface area contributed by atoms with Crippen molar-refractivity contribution in [3.63, 3.8) is 0 Å². The molecule has 1 N–H and O–H groups in total. The van der Waals surface area contributed by atoms with Gasteiger partial charge in [-0.25, -0.2) is 0 Å². The number of likely N-dealkylation sites (N-methyl/N-ethyl adjacent to an activating group) is 1. The lowest BCUT2D eigenvalue weighted by Crippen LogP contribution is -2.47. The molecule has 1 unspecified atom stereocenters. The molecular weight excluding hydrogens is 236 g/mol. The molecular formula is C16H34N2O. The summed E-state index contributed by atoms with van der Waals surface area (Å²) in [5.41, 5.74) is 0.488. The molecule has 0 aromatic heterocycles. The first-order chi connectivity index (χ1) is 9.03. The predicted octanol–water partition coefficient (Wildman–Crippen LogP) is 2.90. The fourth-order valence-electron chi connectivity index (χ4n) is 3.29. The first kappa shape index (κ1) is 16.9. The molecule has 0 amide bonds. The summed E-state index contributed by atoms with van der Waals surface area (Å²) >= 11 is 0. The standard InChI is InChI=1S/C16H34N2O/c1-6-18(15(4)11-19-5)13-16(9-7-8-10-16)12-17-14(2)3/h14-15,17H,6-13H2,1-5H3. The van der Waals surface area contributed by atoms with Gasteiger partial charge in [0.2, 0.25) is 0 Å². The second-order valence-electron chi connectivity index (χ2n) is 6.61. The molecule has 1 rings (SSSR count). The highest BCUT2D eigenvalue weighted by atomic mass is 16.5. The molecule has 0 radical (unpaired) electrons. The molecule has 19 heavy (non-hydrogen) atoms. The van der Waals surface area contributed by atoms with Gasteiger partial charge >= 0.3 is 0 Å². The van der Waals surface area contributed by atoms with Crippen LogP contribution < -0.4 is 5.32 Å². The van der Waals surface area contributed by atoms with Crippen LogP contribution in [0.3, 0.4) is 0 Å². The summed E-state index contributed by atoms with van der Waals surface area (Å²) in [4.78, 5) is 2.59. The van der Waals surface area contributed by atoms with Crippen LogP contribution in [0.1, 0.15) is 53.4 Å². The van der Waals surface area contributed by atoms with E-state index in [4.69, 9.17) is 4.74 Å². The van der Waals surface area contributed by atoms with Crippen LogP contribution in [0.2, 0.25) is 0 Å². The molecule has 114 valence electrons. The number of methoxy groups -OCH3 is 1. The molecule has 1 fully saturated rings. The van der Waals surface area contributed by atoms with E-state index in [9.17, 15) is 0 Å². The SMILES string of the molecule is CCN(CC1(CNC(C)C)CCCC1)C(C)COC. The van der Waals surface area contributed by atoms with Crippen LogP contribution in [-0.2, 0) is 4.74 Å². The van der Waals surface area contributed by atoms with Crippen LogP contribution in [0.5, 0.6) is 0 Å². The smallest absolute Gasteiger partial charge is 0.0615 e. The van der Waals surface area contributed by atoms with E-state index in [1.165, 1.54) is 38.8 Å². The van der Waals surface area contributed by atoms with E-state index < -0.39 is 0 Å². The Bertz CT molecular complexity index is 237. The van der Waals surface area contributed by atoms with Crippen molar-refractivity contribution in [2.75, 3.05) is 33.4 Å². The van der Waals surface area contributed by atoms with Crippen LogP contribution in [0.4, 0.5) is 0 Å². The monoisotopic (exact) mass is 270 g/mol. The summed E-state index contributed by atoms with van der Waals surface area (Å²) in [6.07, 6.45) is 5.55. The van der Waals surface area contributed by atoms with Gasteiger partial charge in [-0.3, -0.25) is 4.90 Å². The van der Waals surface area contributed by atoms with Crippen molar-refractivity contribution >= 4 is 0 Å². The minimum atomic E-state index is 0.488. The van der Waals surface area contributed by atoms with Crippen molar-refractivity contribution < 1.29 is 4.74 Å². The zero-order valence-corrected chi connectivity index (χ0v) is 13.7. The Labute approximate surface area is 120 Å². The predicted molar refractivity (Wildman–Crippen MR) is 82.6 cm³/mol. The maximum atomic E-state index is 5.32. The molecule has 0 saturated heterocycles. The summed E-state index contributed by atoms with van der Waals surface area (Å²) in [5.74, 6) is 0. The third-order valence-electron chi connectivity index (χ3n) is 4.53. The lowest BCUT2D eigenvalue weighted by atomic mass is 9.84. The summed E-state index contributed by atoms with van der Waals surface area (Å²) in [7, 11) is 1.80. The Morgan fingerprint density at radius 3 is 2.32 bits per heavy atom. The van der Waals surface area contributed by atoms with Crippen LogP contribution in [-0.4, -0.2) is 50.3 Å². The van der Waals surface area contributed by atoms with E-state index in [2.05, 4.69) is 37.9 Å². The fourth-order valence-corrected chi connectivity index (χ4v) is 3.29. The molecule has 0 aromatic rings. The van der Waals surface area contributed by atoms with Crippen LogP contribution in [0.15, 0.2) is 0 Å². The lowest BCUT2D eigenvalue weighted by Gasteiger charge is -2.38. The zero-order chi connectivity index (χ0) is 14.3. The highest BCUT2D eigenvalue weighted by Crippen LogP contribution is 2.38. The summed E-state index contributed by atoms with van der Waals surface area (Å²) in [6, 6.07) is 1.11. The Morgan fingerprint density at radius 1 is 1.21 bits per heavy atom. The average Bonchev–Trinajstić information content (AvgIpc) is 2.83. The Hall–Kier alpha value is -0.120. The normalized spacial score (nSPS) is 20.4. The van der Waals surface area contributed by atoms with Crippen molar-refractivity contribution in [2.24, 2.45) is 5.41 Å². The van der Waals surface area contributed by atoms with Crippen LogP contribution in [0, 0.1) is 5.41 Å². The van der Waals surface area contributed by atoms with Gasteiger partial charge in [-0.05, 0) is 31.7 Å². The quantitative estimate of drug-likeness (QED) is 0.697. The molecule has 1 aliphatic carbocycles. The first-order valence-corrected chi connectivity index (χ1v) is 7.99. The Balaban J connectivity index is 2.59. The van der Waals surface area contributed by atoms with Crippen molar-refractivity contribution in [1.29, 1.82) is 0 Å². The molecule has 0 spiro atoms. The second-order valence-corrected chi connectivity index (χ2v) is 6.61. The van der Waals surface area contributed by atoms with Crippen LogP contribution >= 0.6 is 0 Å². The number of rotatable bonds is 9. The third kappa shape index (κ3) is 5.41. The maximum absolute atomic E-state index is 5.32. The molecule has 1 aliphatic rings. The largest absolute Gasteiger partial charge is 0.383 e. The Kier molecular flexibility index (Phi) is 7.33. The van der Waals surface area contributed by atoms with Crippen molar-refractivity contribution in [2.45, 2.75) is 65.5 Å². The van der Waals surface area contributed by atoms with E-state index in [1.54, 1.807) is 7.11 Å². The third-order valence-corrected chi connectivity index (χ3v) is 4.53. The average molecular weight is 270 g/mol. The highest BCUT2D eigenvalue weighted by Gasteiger charge is 2.36. The number of ether oxygens (including phenoxy) is 1. The molecule has 0 aromatic carbocycles. The molecule has 3 nitrogen and oxygen atoms in total. The van der Waals surface area contributed by atoms with Crippen LogP contribution in [0.25, 0.3) is 0 Å². The van der Waals surface area contributed by atoms with Gasteiger partial charge in [0, 0.05) is 32.3 Å². The van der Waals surface area contributed by atoms with Crippen molar-refractivity contribution in [3.05, 3.63) is 0 Å². The van der Waals surface area contributed by atoms with Gasteiger partial charge in [-0.2, -0.15) is 0 Å². The second kappa shape index (κ2) is 8.23. The van der Waals surface area contributed by atoms with Gasteiger partial charge in [0.05, 0.1) is 6.61 Å². The summed E-state index contributed by atoms with van der Waals surface area (Å²) in [6.45, 7) is 13.4. The topological polar surface area (TPSA) is 24.5 Å². The molecule has 3 heteroatoms. The van der Waals surface area contributed by atoms with E-state index in [1.807, 2.05) is 0 Å². The van der Waals surface area contributed by atoms with Crippen molar-refractivity contribution in [1.82, 2.24) is 10.2 Å². The number of hydrogen-bond acceptors (Lipinski definition) is 3. The highest BCUT2D eigenvalue weighted by molar-refractivity contribution is 4.90. The summed E-state index contributed by atoms with van der Waals surface area (Å²) < 4.78 is 5.32. The van der Waals surface area contributed by atoms with Gasteiger partial charge < -0.3 is 10.1 Å². The molecule has 1 saturated carbocycles. The van der Waals surface area contributed by atoms with E-state index in [0.29, 0.717) is 17.5 Å². The molecule has 0 bridgehead atoms. The lowest BCUT2D eigenvalue weighted by molar-refractivity contribution is 0.0660. The fraction of sp³-hybridized carbons (Fsp3) is 1.00. The minimum Gasteiger partial charge on any atom is -0.383 e. The van der Waals surface area contributed by atoms with Crippen molar-refractivity contribution in [3.8, 4) is 0 Å². The molecule has 1 atom stereocenters. The molecule has 0 aliphatic heterocycles. The molecule has 0 heterocycles. The van der Waals surface area contributed by atoms with E-state index in [-0.39, 0.29) is 0 Å². The number of nitrogens with zero attached hydrogens (tertiary/aromatic N) is 1. The van der Waals surface area contributed by atoms with Gasteiger partial charge in [0.25, 0.3) is 0 Å². The minimum absolute atomic E-state index is 0.488. The van der Waals surface area contributed by atoms with E-state index >= 15 is 0 Å². The Morgan fingerprint density at radius 2 is 1.84 bits per heavy atom. The van der Waals surface area contributed by atoms with Gasteiger partial charge in [-0.15, -0.1) is 0 Å². The number of nitrogens with one attached hydrogen (secondary N) is 1. The van der Waals surface area contributed by atoms with E-state index in [0.717, 1.165) is 13.2 Å². The first-order valence-electron chi connectivity index (χ1n) is 7.99. The maximum Gasteiger partial charge on any atom is 0.0615 e. The zero-order valence-electron chi connectivity index (χ0n) is 13.7. The van der Waals surface area contributed by atoms with Gasteiger partial charge in [0.1, 0.15) is 0 Å².